The fourth-order valence-electron chi connectivity index (χ4n) is 2.49. The Morgan fingerprint density at radius 3 is 2.41 bits per heavy atom. The molecule has 22 heavy (non-hydrogen) atoms. The van der Waals surface area contributed by atoms with Crippen LogP contribution in [0.4, 0.5) is 0 Å². The van der Waals surface area contributed by atoms with Crippen LogP contribution in [0.25, 0.3) is 0 Å². The maximum absolute atomic E-state index is 12.4. The molecule has 1 aromatic carbocycles. The smallest absolute Gasteiger partial charge is 0.350 e. The van der Waals surface area contributed by atoms with E-state index >= 15 is 0 Å². The summed E-state index contributed by atoms with van der Waals surface area (Å²) in [5.41, 5.74) is 1.26. The Kier molecular flexibility index (Phi) is 3.24. The zero-order valence-electron chi connectivity index (χ0n) is 12.3. The third-order valence-corrected chi connectivity index (χ3v) is 3.53. The van der Waals surface area contributed by atoms with Gasteiger partial charge in [-0.05, 0) is 18.1 Å². The SMILES string of the molecule is CC1(C)OC(=O)C(=CN2CCc3ccccc3C2=O)C(=O)O1. The topological polar surface area (TPSA) is 72.9 Å². The van der Waals surface area contributed by atoms with Crippen LogP contribution in [-0.2, 0) is 25.5 Å². The first-order valence-electron chi connectivity index (χ1n) is 6.95. The van der Waals surface area contributed by atoms with Gasteiger partial charge in [-0.3, -0.25) is 4.79 Å². The van der Waals surface area contributed by atoms with E-state index in [2.05, 4.69) is 0 Å². The second-order valence-electron chi connectivity index (χ2n) is 5.63. The summed E-state index contributed by atoms with van der Waals surface area (Å²) in [5, 5.41) is 0. The molecule has 6 nitrogen and oxygen atoms in total. The molecule has 114 valence electrons. The number of ether oxygens (including phenoxy) is 2. The Bertz CT molecular complexity index is 682. The summed E-state index contributed by atoms with van der Waals surface area (Å²) in [7, 11) is 0. The van der Waals surface area contributed by atoms with E-state index in [0.29, 0.717) is 18.5 Å². The fourth-order valence-corrected chi connectivity index (χ4v) is 2.49. The molecule has 2 aliphatic rings. The van der Waals surface area contributed by atoms with Crippen LogP contribution in [0.15, 0.2) is 36.0 Å². The largest absolute Gasteiger partial charge is 0.419 e. The molecular formula is C16H15NO5. The first kappa shape index (κ1) is 14.3. The van der Waals surface area contributed by atoms with Crippen LogP contribution in [0.3, 0.4) is 0 Å². The number of esters is 2. The van der Waals surface area contributed by atoms with Gasteiger partial charge >= 0.3 is 11.9 Å². The normalized spacial score (nSPS) is 20.2. The number of hydrogen-bond acceptors (Lipinski definition) is 5. The Hall–Kier alpha value is -2.63. The lowest BCUT2D eigenvalue weighted by atomic mass is 9.99. The van der Waals surface area contributed by atoms with Gasteiger partial charge in [-0.15, -0.1) is 0 Å². The molecule has 0 unspecified atom stereocenters. The fraction of sp³-hybridized carbons (Fsp3) is 0.312. The van der Waals surface area contributed by atoms with Crippen molar-refractivity contribution >= 4 is 17.8 Å². The van der Waals surface area contributed by atoms with Crippen molar-refractivity contribution in [2.24, 2.45) is 0 Å². The van der Waals surface area contributed by atoms with Gasteiger partial charge in [0.15, 0.2) is 5.57 Å². The van der Waals surface area contributed by atoms with Crippen LogP contribution in [0, 0.1) is 0 Å². The number of carbonyl (C=O) groups excluding carboxylic acids is 3. The monoisotopic (exact) mass is 301 g/mol. The molecule has 2 heterocycles. The van der Waals surface area contributed by atoms with E-state index in [-0.39, 0.29) is 11.5 Å². The lowest BCUT2D eigenvalue weighted by molar-refractivity contribution is -0.222. The van der Waals surface area contributed by atoms with Crippen LogP contribution < -0.4 is 0 Å². The number of hydrogen-bond donors (Lipinski definition) is 0. The van der Waals surface area contributed by atoms with E-state index in [4.69, 9.17) is 9.47 Å². The van der Waals surface area contributed by atoms with Crippen molar-refractivity contribution in [3.05, 3.63) is 47.2 Å². The molecular weight excluding hydrogens is 286 g/mol. The summed E-state index contributed by atoms with van der Waals surface area (Å²) in [6.07, 6.45) is 1.87. The van der Waals surface area contributed by atoms with E-state index in [1.807, 2.05) is 12.1 Å². The molecule has 2 aliphatic heterocycles. The van der Waals surface area contributed by atoms with E-state index in [9.17, 15) is 14.4 Å². The Morgan fingerprint density at radius 1 is 1.09 bits per heavy atom. The Labute approximate surface area is 127 Å². The third-order valence-electron chi connectivity index (χ3n) is 3.53. The minimum absolute atomic E-state index is 0.250. The van der Waals surface area contributed by atoms with E-state index in [0.717, 1.165) is 5.56 Å². The summed E-state index contributed by atoms with van der Waals surface area (Å²) in [5.74, 6) is -3.11. The third kappa shape index (κ3) is 2.47. The maximum atomic E-state index is 12.4. The highest BCUT2D eigenvalue weighted by molar-refractivity contribution is 6.15. The predicted molar refractivity (Wildman–Crippen MR) is 75.5 cm³/mol. The average molecular weight is 301 g/mol. The molecule has 6 heteroatoms. The van der Waals surface area contributed by atoms with Crippen molar-refractivity contribution in [2.75, 3.05) is 6.54 Å². The average Bonchev–Trinajstić information content (AvgIpc) is 2.44. The van der Waals surface area contributed by atoms with E-state index in [1.165, 1.54) is 24.9 Å². The highest BCUT2D eigenvalue weighted by atomic mass is 16.7. The quantitative estimate of drug-likeness (QED) is 0.445. The number of rotatable bonds is 1. The van der Waals surface area contributed by atoms with Crippen LogP contribution in [0.2, 0.25) is 0 Å². The lowest BCUT2D eigenvalue weighted by Gasteiger charge is -2.31. The van der Waals surface area contributed by atoms with Crippen LogP contribution in [0.5, 0.6) is 0 Å². The van der Waals surface area contributed by atoms with E-state index in [1.54, 1.807) is 12.1 Å². The summed E-state index contributed by atoms with van der Waals surface area (Å²) < 4.78 is 10.0. The number of fused-ring (bicyclic) bond motifs is 1. The first-order chi connectivity index (χ1) is 10.4. The molecule has 0 aromatic heterocycles. The van der Waals surface area contributed by atoms with Gasteiger partial charge < -0.3 is 14.4 Å². The highest BCUT2D eigenvalue weighted by Crippen LogP contribution is 2.25. The Morgan fingerprint density at radius 2 is 1.73 bits per heavy atom. The first-order valence-corrected chi connectivity index (χ1v) is 6.95. The summed E-state index contributed by atoms with van der Waals surface area (Å²) >= 11 is 0. The molecule has 0 radical (unpaired) electrons. The van der Waals surface area contributed by atoms with Gasteiger partial charge in [0.2, 0.25) is 0 Å². The number of cyclic esters (lactones) is 2. The van der Waals surface area contributed by atoms with Crippen LogP contribution in [0.1, 0.15) is 29.8 Å². The maximum Gasteiger partial charge on any atom is 0.350 e. The summed E-state index contributed by atoms with van der Waals surface area (Å²) in [4.78, 5) is 37.6. The van der Waals surface area contributed by atoms with Crippen molar-refractivity contribution in [2.45, 2.75) is 26.1 Å². The minimum Gasteiger partial charge on any atom is -0.419 e. The van der Waals surface area contributed by atoms with Crippen LogP contribution in [-0.4, -0.2) is 35.1 Å². The minimum atomic E-state index is -1.29. The van der Waals surface area contributed by atoms with Gasteiger partial charge in [0.05, 0.1) is 0 Å². The molecule has 0 atom stereocenters. The zero-order valence-corrected chi connectivity index (χ0v) is 12.3. The summed E-state index contributed by atoms with van der Waals surface area (Å²) in [6.45, 7) is 3.34. The van der Waals surface area contributed by atoms with Gasteiger partial charge in [0, 0.05) is 32.2 Å². The predicted octanol–water partition coefficient (Wildman–Crippen LogP) is 1.40. The van der Waals surface area contributed by atoms with Gasteiger partial charge in [0.1, 0.15) is 0 Å². The molecule has 3 rings (SSSR count). The molecule has 1 fully saturated rings. The second kappa shape index (κ2) is 4.98. The van der Waals surface area contributed by atoms with Crippen molar-refractivity contribution in [1.29, 1.82) is 0 Å². The van der Waals surface area contributed by atoms with Crippen molar-refractivity contribution in [3.8, 4) is 0 Å². The van der Waals surface area contributed by atoms with Gasteiger partial charge in [-0.2, -0.15) is 0 Å². The zero-order chi connectivity index (χ0) is 15.9. The number of carbonyl (C=O) groups is 3. The molecule has 1 saturated heterocycles. The highest BCUT2D eigenvalue weighted by Gasteiger charge is 2.40. The molecule has 1 amide bonds. The lowest BCUT2D eigenvalue weighted by Crippen LogP contribution is -2.43. The van der Waals surface area contributed by atoms with Crippen LogP contribution >= 0.6 is 0 Å². The van der Waals surface area contributed by atoms with E-state index < -0.39 is 17.7 Å². The molecule has 0 bridgehead atoms. The number of benzene rings is 1. The Balaban J connectivity index is 1.89. The van der Waals surface area contributed by atoms with Crippen molar-refractivity contribution in [3.63, 3.8) is 0 Å². The van der Waals surface area contributed by atoms with Gasteiger partial charge in [-0.1, -0.05) is 18.2 Å². The van der Waals surface area contributed by atoms with Crippen molar-refractivity contribution < 1.29 is 23.9 Å². The van der Waals surface area contributed by atoms with Gasteiger partial charge in [-0.25, -0.2) is 9.59 Å². The molecule has 0 saturated carbocycles. The van der Waals surface area contributed by atoms with Crippen molar-refractivity contribution in [1.82, 2.24) is 4.90 Å². The number of amides is 1. The molecule has 0 N–H and O–H groups in total. The number of nitrogens with zero attached hydrogens (tertiary/aromatic N) is 1. The summed E-state index contributed by atoms with van der Waals surface area (Å²) in [6, 6.07) is 7.27. The standard InChI is InChI=1S/C16H15NO5/c1-16(2)21-14(19)12(15(20)22-16)9-17-8-7-10-5-3-4-6-11(10)13(17)18/h3-6,9H,7-8H2,1-2H3. The molecule has 1 aromatic rings. The second-order valence-corrected chi connectivity index (χ2v) is 5.63. The molecule has 0 spiro atoms. The molecule has 0 aliphatic carbocycles. The van der Waals surface area contributed by atoms with Gasteiger partial charge in [0.25, 0.3) is 11.7 Å².